The molecule has 0 unspecified atom stereocenters. The van der Waals surface area contributed by atoms with Crippen LogP contribution in [0.4, 0.5) is 21.8 Å². The Hall–Kier alpha value is -2.68. The van der Waals surface area contributed by atoms with Crippen molar-refractivity contribution in [1.82, 2.24) is 9.97 Å². The van der Waals surface area contributed by atoms with Crippen LogP contribution in [0.1, 0.15) is 6.42 Å². The first-order valence-corrected chi connectivity index (χ1v) is 5.70. The van der Waals surface area contributed by atoms with E-state index >= 15 is 0 Å². The molecule has 0 atom stereocenters. The summed E-state index contributed by atoms with van der Waals surface area (Å²) in [6.07, 6.45) is 1.28. The van der Waals surface area contributed by atoms with Gasteiger partial charge in [-0.1, -0.05) is 18.2 Å². The van der Waals surface area contributed by atoms with E-state index in [0.717, 1.165) is 11.9 Å². The molecule has 2 rings (SSSR count). The third-order valence-corrected chi connectivity index (χ3v) is 2.51. The van der Waals surface area contributed by atoms with E-state index in [4.69, 9.17) is 11.0 Å². The molecule has 0 spiro atoms. The van der Waals surface area contributed by atoms with Gasteiger partial charge in [0.05, 0.1) is 18.7 Å². The predicted octanol–water partition coefficient (Wildman–Crippen LogP) is 2.25. The summed E-state index contributed by atoms with van der Waals surface area (Å²) in [5.41, 5.74) is 6.24. The molecule has 1 heterocycles. The number of nitrogens with two attached hydrogens (primary N) is 1. The first-order valence-electron chi connectivity index (χ1n) is 5.70. The van der Waals surface area contributed by atoms with Crippen molar-refractivity contribution in [2.75, 3.05) is 17.2 Å². The second-order valence-corrected chi connectivity index (χ2v) is 3.80. The number of halogens is 1. The van der Waals surface area contributed by atoms with Crippen molar-refractivity contribution in [2.45, 2.75) is 6.42 Å². The SMILES string of the molecule is N#CCCN(c1ccccc1)c1nc(N)ncc1F. The molecule has 5 nitrogen and oxygen atoms in total. The number of aromatic nitrogens is 2. The van der Waals surface area contributed by atoms with Crippen LogP contribution in [0.2, 0.25) is 0 Å². The molecule has 0 aliphatic heterocycles. The maximum absolute atomic E-state index is 13.8. The molecule has 0 saturated heterocycles. The van der Waals surface area contributed by atoms with Crippen LogP contribution in [0, 0.1) is 17.1 Å². The zero-order valence-corrected chi connectivity index (χ0v) is 10.1. The van der Waals surface area contributed by atoms with Crippen LogP contribution in [0.25, 0.3) is 0 Å². The molecule has 6 heteroatoms. The molecule has 0 bridgehead atoms. The minimum Gasteiger partial charge on any atom is -0.368 e. The number of hydrogen-bond donors (Lipinski definition) is 1. The van der Waals surface area contributed by atoms with E-state index in [0.29, 0.717) is 6.54 Å². The van der Waals surface area contributed by atoms with Crippen LogP contribution in [0.15, 0.2) is 36.5 Å². The number of hydrogen-bond acceptors (Lipinski definition) is 5. The highest BCUT2D eigenvalue weighted by atomic mass is 19.1. The van der Waals surface area contributed by atoms with Crippen LogP contribution >= 0.6 is 0 Å². The summed E-state index contributed by atoms with van der Waals surface area (Å²) in [6.45, 7) is 0.327. The Labute approximate surface area is 110 Å². The van der Waals surface area contributed by atoms with Crippen molar-refractivity contribution in [3.8, 4) is 6.07 Å². The lowest BCUT2D eigenvalue weighted by Crippen LogP contribution is -2.21. The Balaban J connectivity index is 2.43. The Bertz CT molecular complexity index is 594. The second kappa shape index (κ2) is 5.78. The second-order valence-electron chi connectivity index (χ2n) is 3.80. The summed E-state index contributed by atoms with van der Waals surface area (Å²) < 4.78 is 13.8. The minimum absolute atomic E-state index is 0.00529. The molecule has 19 heavy (non-hydrogen) atoms. The van der Waals surface area contributed by atoms with Crippen molar-refractivity contribution >= 4 is 17.5 Å². The van der Waals surface area contributed by atoms with E-state index in [2.05, 4.69) is 9.97 Å². The normalized spacial score (nSPS) is 9.89. The van der Waals surface area contributed by atoms with E-state index in [-0.39, 0.29) is 18.2 Å². The first-order chi connectivity index (χ1) is 9.22. The maximum Gasteiger partial charge on any atom is 0.222 e. The smallest absolute Gasteiger partial charge is 0.222 e. The van der Waals surface area contributed by atoms with Crippen molar-refractivity contribution in [3.05, 3.63) is 42.3 Å². The van der Waals surface area contributed by atoms with Crippen LogP contribution in [0.3, 0.4) is 0 Å². The Morgan fingerprint density at radius 3 is 2.74 bits per heavy atom. The lowest BCUT2D eigenvalue weighted by molar-refractivity contribution is 0.611. The number of anilines is 3. The van der Waals surface area contributed by atoms with Crippen LogP contribution in [0.5, 0.6) is 0 Å². The van der Waals surface area contributed by atoms with Crippen LogP contribution < -0.4 is 10.6 Å². The molecular weight excluding hydrogens is 245 g/mol. The van der Waals surface area contributed by atoms with Crippen LogP contribution in [-0.2, 0) is 0 Å². The summed E-state index contributed by atoms with van der Waals surface area (Å²) >= 11 is 0. The van der Waals surface area contributed by atoms with Gasteiger partial charge in [0.2, 0.25) is 5.95 Å². The third-order valence-electron chi connectivity index (χ3n) is 2.51. The standard InChI is InChI=1S/C13H12FN5/c14-11-9-17-13(16)18-12(11)19(8-4-7-15)10-5-2-1-3-6-10/h1-3,5-6,9H,4,8H2,(H2,16,17,18). The highest BCUT2D eigenvalue weighted by Crippen LogP contribution is 2.26. The molecule has 2 aromatic rings. The third kappa shape index (κ3) is 2.96. The number of nitrogens with zero attached hydrogens (tertiary/aromatic N) is 4. The zero-order chi connectivity index (χ0) is 13.7. The van der Waals surface area contributed by atoms with E-state index in [1.165, 1.54) is 0 Å². The molecule has 1 aromatic carbocycles. The fourth-order valence-corrected chi connectivity index (χ4v) is 1.69. The topological polar surface area (TPSA) is 78.8 Å². The summed E-state index contributed by atoms with van der Waals surface area (Å²) in [5.74, 6) is -0.501. The number of nitriles is 1. The zero-order valence-electron chi connectivity index (χ0n) is 10.1. The van der Waals surface area contributed by atoms with E-state index < -0.39 is 5.82 Å². The lowest BCUT2D eigenvalue weighted by atomic mass is 10.2. The van der Waals surface area contributed by atoms with Gasteiger partial charge in [0.15, 0.2) is 11.6 Å². The average Bonchev–Trinajstić information content (AvgIpc) is 2.44. The summed E-state index contributed by atoms with van der Waals surface area (Å²) in [7, 11) is 0. The molecule has 0 aliphatic rings. The molecule has 0 radical (unpaired) electrons. The van der Waals surface area contributed by atoms with Gasteiger partial charge in [0.25, 0.3) is 0 Å². The van der Waals surface area contributed by atoms with Crippen LogP contribution in [-0.4, -0.2) is 16.5 Å². The summed E-state index contributed by atoms with van der Waals surface area (Å²) in [4.78, 5) is 9.11. The molecule has 0 fully saturated rings. The van der Waals surface area contributed by atoms with Gasteiger partial charge in [-0.05, 0) is 12.1 Å². The lowest BCUT2D eigenvalue weighted by Gasteiger charge is -2.23. The minimum atomic E-state index is -0.573. The van der Waals surface area contributed by atoms with E-state index in [1.807, 2.05) is 36.4 Å². The summed E-state index contributed by atoms with van der Waals surface area (Å²) in [5, 5.41) is 8.70. The molecule has 96 valence electrons. The van der Waals surface area contributed by atoms with Gasteiger partial charge in [0.1, 0.15) is 0 Å². The highest BCUT2D eigenvalue weighted by molar-refractivity contribution is 5.60. The molecule has 1 aromatic heterocycles. The van der Waals surface area contributed by atoms with Gasteiger partial charge in [-0.3, -0.25) is 0 Å². The van der Waals surface area contributed by atoms with Gasteiger partial charge in [-0.2, -0.15) is 10.2 Å². The van der Waals surface area contributed by atoms with Gasteiger partial charge in [-0.25, -0.2) is 9.37 Å². The largest absolute Gasteiger partial charge is 0.368 e. The van der Waals surface area contributed by atoms with Gasteiger partial charge in [-0.15, -0.1) is 0 Å². The van der Waals surface area contributed by atoms with Crippen molar-refractivity contribution in [3.63, 3.8) is 0 Å². The number of benzene rings is 1. The molecule has 0 amide bonds. The van der Waals surface area contributed by atoms with E-state index in [1.54, 1.807) is 4.90 Å². The number of nitrogen functional groups attached to an aromatic ring is 1. The molecular formula is C13H12FN5. The molecule has 0 aliphatic carbocycles. The monoisotopic (exact) mass is 257 g/mol. The fourth-order valence-electron chi connectivity index (χ4n) is 1.69. The van der Waals surface area contributed by atoms with Gasteiger partial charge in [0, 0.05) is 12.2 Å². The number of rotatable bonds is 4. The Morgan fingerprint density at radius 1 is 1.32 bits per heavy atom. The highest BCUT2D eigenvalue weighted by Gasteiger charge is 2.16. The van der Waals surface area contributed by atoms with Crippen molar-refractivity contribution in [1.29, 1.82) is 5.26 Å². The Kier molecular flexibility index (Phi) is 3.88. The Morgan fingerprint density at radius 2 is 2.05 bits per heavy atom. The predicted molar refractivity (Wildman–Crippen MR) is 70.1 cm³/mol. The first kappa shape index (κ1) is 12.8. The van der Waals surface area contributed by atoms with Gasteiger partial charge >= 0.3 is 0 Å². The molecule has 2 N–H and O–H groups in total. The van der Waals surface area contributed by atoms with E-state index in [9.17, 15) is 4.39 Å². The van der Waals surface area contributed by atoms with Crippen molar-refractivity contribution in [2.24, 2.45) is 0 Å². The van der Waals surface area contributed by atoms with Gasteiger partial charge < -0.3 is 10.6 Å². The summed E-state index contributed by atoms with van der Waals surface area (Å²) in [6, 6.07) is 11.2. The quantitative estimate of drug-likeness (QED) is 0.908. The average molecular weight is 257 g/mol. The number of para-hydroxylation sites is 1. The van der Waals surface area contributed by atoms with Crippen molar-refractivity contribution < 1.29 is 4.39 Å². The molecule has 0 saturated carbocycles. The maximum atomic E-state index is 13.8. The fraction of sp³-hybridized carbons (Fsp3) is 0.154.